The first-order valence-electron chi connectivity index (χ1n) is 18.3. The summed E-state index contributed by atoms with van der Waals surface area (Å²) in [4.78, 5) is 56.2. The molecule has 0 bridgehead atoms. The van der Waals surface area contributed by atoms with Crippen LogP contribution >= 0.6 is 0 Å². The number of nitrogens with two attached hydrogens (primary N) is 1. The van der Waals surface area contributed by atoms with E-state index in [0.29, 0.717) is 24.9 Å². The molecule has 1 aliphatic heterocycles. The van der Waals surface area contributed by atoms with Gasteiger partial charge in [-0.1, -0.05) is 77.8 Å². The lowest BCUT2D eigenvalue weighted by molar-refractivity contribution is -0.146. The predicted molar refractivity (Wildman–Crippen MR) is 198 cm³/mol. The van der Waals surface area contributed by atoms with Gasteiger partial charge >= 0.3 is 0 Å². The number of nitrogens with one attached hydrogen (secondary N) is 2. The molecule has 0 spiro atoms. The number of aliphatic hydroxyl groups is 2. The highest BCUT2D eigenvalue weighted by Crippen LogP contribution is 2.29. The third-order valence-corrected chi connectivity index (χ3v) is 9.75. The van der Waals surface area contributed by atoms with Gasteiger partial charge in [0.25, 0.3) is 0 Å². The van der Waals surface area contributed by atoms with E-state index in [9.17, 15) is 29.4 Å². The van der Waals surface area contributed by atoms with Gasteiger partial charge in [0.2, 0.25) is 23.6 Å². The average Bonchev–Trinajstić information content (AvgIpc) is 3.59. The van der Waals surface area contributed by atoms with E-state index in [-0.39, 0.29) is 36.7 Å². The summed E-state index contributed by atoms with van der Waals surface area (Å²) in [7, 11) is 4.66. The van der Waals surface area contributed by atoms with Gasteiger partial charge in [-0.3, -0.25) is 19.2 Å². The van der Waals surface area contributed by atoms with Gasteiger partial charge in [0.15, 0.2) is 0 Å². The van der Waals surface area contributed by atoms with E-state index in [1.807, 2.05) is 32.0 Å². The molecule has 13 nitrogen and oxygen atoms in total. The number of aliphatic hydroxyl groups excluding tert-OH is 1. The van der Waals surface area contributed by atoms with Crippen molar-refractivity contribution in [1.82, 2.24) is 20.4 Å². The fourth-order valence-electron chi connectivity index (χ4n) is 6.42. The summed E-state index contributed by atoms with van der Waals surface area (Å²) < 4.78 is 11.7. The lowest BCUT2D eigenvalue weighted by atomic mass is 9.90. The lowest BCUT2D eigenvalue weighted by Crippen LogP contribution is -2.57. The number of likely N-dealkylation sites (tertiary alicyclic amines) is 1. The molecule has 9 unspecified atom stereocenters. The summed E-state index contributed by atoms with van der Waals surface area (Å²) in [6.45, 7) is 14.7. The first kappa shape index (κ1) is 45.9. The maximum absolute atomic E-state index is 13.9. The first-order chi connectivity index (χ1) is 23.9. The lowest BCUT2D eigenvalue weighted by Gasteiger charge is -2.39. The van der Waals surface area contributed by atoms with Crippen molar-refractivity contribution in [3.8, 4) is 0 Å². The third kappa shape index (κ3) is 13.4. The molecule has 1 aromatic rings. The number of hydrogen-bond donors (Lipinski definition) is 5. The topological polar surface area (TPSA) is 184 Å². The normalized spacial score (nSPS) is 19.3. The van der Waals surface area contributed by atoms with Crippen molar-refractivity contribution in [2.45, 2.75) is 136 Å². The molecule has 1 fully saturated rings. The van der Waals surface area contributed by atoms with Crippen molar-refractivity contribution in [1.29, 1.82) is 0 Å². The van der Waals surface area contributed by atoms with Crippen LogP contribution < -0.4 is 16.4 Å². The Bertz CT molecular complexity index is 1210. The van der Waals surface area contributed by atoms with Crippen molar-refractivity contribution in [3.05, 3.63) is 35.9 Å². The molecule has 1 aliphatic rings. The molecular formula is C38H67N5O8. The van der Waals surface area contributed by atoms with Crippen LogP contribution in [-0.2, 0) is 28.7 Å². The minimum atomic E-state index is -1.46. The Kier molecular flexibility index (Phi) is 19.9. The quantitative estimate of drug-likeness (QED) is 0.152. The number of amides is 4. The Hall–Kier alpha value is -3.10. The molecule has 0 aliphatic carbocycles. The van der Waals surface area contributed by atoms with Crippen LogP contribution in [0.1, 0.15) is 99.2 Å². The van der Waals surface area contributed by atoms with E-state index >= 15 is 0 Å². The minimum absolute atomic E-state index is 0.00707. The Morgan fingerprint density at radius 3 is 2.14 bits per heavy atom. The van der Waals surface area contributed by atoms with Crippen molar-refractivity contribution >= 4 is 23.6 Å². The van der Waals surface area contributed by atoms with Crippen LogP contribution in [0, 0.1) is 11.8 Å². The van der Waals surface area contributed by atoms with Crippen LogP contribution in [0.4, 0.5) is 0 Å². The number of hydrogen-bond acceptors (Lipinski definition) is 9. The fraction of sp³-hybridized carbons (Fsp3) is 0.737. The van der Waals surface area contributed by atoms with Gasteiger partial charge in [-0.25, -0.2) is 0 Å². The minimum Gasteiger partial charge on any atom is -0.388 e. The number of benzene rings is 1. The zero-order chi connectivity index (χ0) is 39.1. The largest absolute Gasteiger partial charge is 0.388 e. The Balaban J connectivity index is 0.00000418. The van der Waals surface area contributed by atoms with Crippen LogP contribution in [0.5, 0.6) is 0 Å². The second-order valence-corrected chi connectivity index (χ2v) is 14.4. The van der Waals surface area contributed by atoms with Gasteiger partial charge in [0.1, 0.15) is 6.04 Å². The SMILES string of the molecule is CCC.CCC(C)C(C(CC(=O)N1CCCC1C(OC)C(C)C(=O)NC(C)C(O)c1ccccc1)OC)N(C)C(=O)CNC(=O)C(N)C(C)(C)O. The maximum Gasteiger partial charge on any atom is 0.242 e. The molecule has 0 saturated carbocycles. The van der Waals surface area contributed by atoms with Gasteiger partial charge in [0.05, 0.1) is 60.9 Å². The molecular weight excluding hydrogens is 654 g/mol. The standard InChI is InChI=1S/C35H59N5O8.C3H8/c1-10-21(2)29(39(7)28(42)20-37-34(45)32(36)35(5,6)46)26(47-8)19-27(41)40-18-14-17-25(40)31(48-9)22(3)33(44)38-23(4)30(43)24-15-12-11-13-16-24;1-3-2/h11-13,15-16,21-23,25-26,29-32,43,46H,10,14,17-20,36H2,1-9H3,(H,37,45)(H,38,44);3H2,1-2H3. The maximum atomic E-state index is 13.9. The van der Waals surface area contributed by atoms with E-state index in [1.54, 1.807) is 37.9 Å². The molecule has 9 atom stereocenters. The Morgan fingerprint density at radius 2 is 1.63 bits per heavy atom. The summed E-state index contributed by atoms with van der Waals surface area (Å²) >= 11 is 0. The summed E-state index contributed by atoms with van der Waals surface area (Å²) in [5.41, 5.74) is 5.05. The number of nitrogens with zero attached hydrogens (tertiary/aromatic N) is 2. The molecule has 1 aromatic carbocycles. The molecule has 0 aromatic heterocycles. The van der Waals surface area contributed by atoms with Crippen molar-refractivity contribution in [3.63, 3.8) is 0 Å². The zero-order valence-electron chi connectivity index (χ0n) is 32.8. The van der Waals surface area contributed by atoms with Crippen LogP contribution in [0.3, 0.4) is 0 Å². The van der Waals surface area contributed by atoms with E-state index in [2.05, 4.69) is 24.5 Å². The second-order valence-electron chi connectivity index (χ2n) is 14.4. The molecule has 0 radical (unpaired) electrons. The van der Waals surface area contributed by atoms with E-state index in [1.165, 1.54) is 39.4 Å². The predicted octanol–water partition coefficient (Wildman–Crippen LogP) is 2.78. The first-order valence-corrected chi connectivity index (χ1v) is 18.3. The zero-order valence-corrected chi connectivity index (χ0v) is 32.8. The second kappa shape index (κ2) is 22.1. The molecule has 6 N–H and O–H groups in total. The van der Waals surface area contributed by atoms with Crippen LogP contribution in [0.15, 0.2) is 30.3 Å². The van der Waals surface area contributed by atoms with Gasteiger partial charge in [-0.05, 0) is 45.1 Å². The fourth-order valence-corrected chi connectivity index (χ4v) is 6.42. The monoisotopic (exact) mass is 721 g/mol. The Morgan fingerprint density at radius 1 is 1.04 bits per heavy atom. The van der Waals surface area contributed by atoms with Crippen LogP contribution in [0.25, 0.3) is 0 Å². The highest BCUT2D eigenvalue weighted by molar-refractivity contribution is 5.88. The van der Waals surface area contributed by atoms with E-state index in [0.717, 1.165) is 6.42 Å². The van der Waals surface area contributed by atoms with Gasteiger partial charge in [-0.15, -0.1) is 0 Å². The molecule has 1 heterocycles. The number of methoxy groups -OCH3 is 2. The Labute approximate surface area is 306 Å². The average molecular weight is 722 g/mol. The molecule has 51 heavy (non-hydrogen) atoms. The number of carbonyl (C=O) groups excluding carboxylic acids is 4. The summed E-state index contributed by atoms with van der Waals surface area (Å²) in [6.07, 6.45) is 1.21. The molecule has 292 valence electrons. The summed E-state index contributed by atoms with van der Waals surface area (Å²) in [6, 6.07) is 6.51. The smallest absolute Gasteiger partial charge is 0.242 e. The van der Waals surface area contributed by atoms with Gasteiger partial charge in [-0.2, -0.15) is 0 Å². The number of ether oxygens (including phenoxy) is 2. The van der Waals surface area contributed by atoms with Crippen LogP contribution in [0.2, 0.25) is 0 Å². The third-order valence-electron chi connectivity index (χ3n) is 9.75. The van der Waals surface area contributed by atoms with Gasteiger partial charge < -0.3 is 45.9 Å². The number of likely N-dealkylation sites (N-methyl/N-ethyl adjacent to an activating group) is 1. The molecule has 4 amide bonds. The van der Waals surface area contributed by atoms with Crippen molar-refractivity contribution < 1.29 is 38.9 Å². The number of rotatable bonds is 18. The molecule has 2 rings (SSSR count). The molecule has 13 heteroatoms. The van der Waals surface area contributed by atoms with Crippen LogP contribution in [-0.4, -0.2) is 120 Å². The molecule has 1 saturated heterocycles. The number of carbonyl (C=O) groups is 4. The van der Waals surface area contributed by atoms with E-state index in [4.69, 9.17) is 15.2 Å². The summed E-state index contributed by atoms with van der Waals surface area (Å²) in [5.74, 6) is -2.18. The van der Waals surface area contributed by atoms with Crippen molar-refractivity contribution in [2.24, 2.45) is 17.6 Å². The summed E-state index contributed by atoms with van der Waals surface area (Å²) in [5, 5.41) is 26.2. The highest BCUT2D eigenvalue weighted by Gasteiger charge is 2.42. The van der Waals surface area contributed by atoms with E-state index < -0.39 is 59.8 Å². The van der Waals surface area contributed by atoms with Crippen molar-refractivity contribution in [2.75, 3.05) is 34.4 Å². The van der Waals surface area contributed by atoms with Gasteiger partial charge in [0, 0.05) is 27.8 Å². The highest BCUT2D eigenvalue weighted by atomic mass is 16.5.